The predicted octanol–water partition coefficient (Wildman–Crippen LogP) is 1.93. The lowest BCUT2D eigenvalue weighted by Gasteiger charge is -1.79. The van der Waals surface area contributed by atoms with E-state index >= 15 is 0 Å². The van der Waals surface area contributed by atoms with Gasteiger partial charge in [0.05, 0.1) is 0 Å². The third-order valence-corrected chi connectivity index (χ3v) is 0.949. The van der Waals surface area contributed by atoms with Gasteiger partial charge in [-0.1, -0.05) is 6.07 Å². The van der Waals surface area contributed by atoms with Crippen molar-refractivity contribution in [3.63, 3.8) is 0 Å². The Morgan fingerprint density at radius 3 is 2.00 bits per heavy atom. The summed E-state index contributed by atoms with van der Waals surface area (Å²) in [5.41, 5.74) is 0. The van der Waals surface area contributed by atoms with E-state index in [4.69, 9.17) is 0 Å². The molecule has 54 valence electrons. The number of hydrogen-bond acceptors (Lipinski definition) is 0. The van der Waals surface area contributed by atoms with Crippen LogP contribution >= 0.6 is 11.6 Å². The van der Waals surface area contributed by atoms with Crippen LogP contribution in [0.3, 0.4) is 0 Å². The molecule has 1 heterocycles. The van der Waals surface area contributed by atoms with Crippen LogP contribution < -0.4 is 4.57 Å². The van der Waals surface area contributed by atoms with Gasteiger partial charge in [0.15, 0.2) is 18.6 Å². The molecule has 0 aliphatic rings. The number of halogens is 1. The van der Waals surface area contributed by atoms with E-state index in [9.17, 15) is 0 Å². The van der Waals surface area contributed by atoms with E-state index < -0.39 is 0 Å². The summed E-state index contributed by atoms with van der Waals surface area (Å²) in [6.07, 6.45) is 7.10. The molecule has 0 aromatic carbocycles. The van der Waals surface area contributed by atoms with Gasteiger partial charge in [0, 0.05) is 18.5 Å². The normalized spacial score (nSPS) is 7.40. The second-order valence-corrected chi connectivity index (χ2v) is 1.51. The number of aromatic nitrogens is 1. The third-order valence-electron chi connectivity index (χ3n) is 0.949. The lowest BCUT2D eigenvalue weighted by Crippen LogP contribution is -2.22. The maximum absolute atomic E-state index is 4.64. The molecule has 1 aromatic rings. The number of nitrogens with zero attached hydrogens (tertiary/aromatic N) is 1. The van der Waals surface area contributed by atoms with E-state index in [1.807, 2.05) is 35.2 Å². The topological polar surface area (TPSA) is 3.88 Å². The molecule has 0 aliphatic carbocycles. The molecule has 0 saturated carbocycles. The van der Waals surface area contributed by atoms with Gasteiger partial charge in [-0.15, -0.1) is 11.6 Å². The summed E-state index contributed by atoms with van der Waals surface area (Å²) in [7, 11) is 0. The molecule has 1 aromatic heterocycles. The molecule has 0 N–H and O–H groups in total. The number of rotatable bonds is 1. The Labute approximate surface area is 66.6 Å². The molecular formula is C8H11ClN+. The lowest BCUT2D eigenvalue weighted by atomic mass is 10.5. The first-order valence-corrected chi connectivity index (χ1v) is 3.65. The number of pyridine rings is 1. The fourth-order valence-electron chi connectivity index (χ4n) is 0.534. The van der Waals surface area contributed by atoms with Crippen LogP contribution in [0.15, 0.2) is 37.2 Å². The highest BCUT2D eigenvalue weighted by atomic mass is 35.5. The van der Waals surface area contributed by atoms with Crippen molar-refractivity contribution < 1.29 is 4.57 Å². The minimum absolute atomic E-state index is 1.47. The van der Waals surface area contributed by atoms with Crippen LogP contribution in [-0.2, 0) is 0 Å². The summed E-state index contributed by atoms with van der Waals surface area (Å²) >= 11 is 4.64. The second kappa shape index (κ2) is 6.30. The van der Waals surface area contributed by atoms with Crippen molar-refractivity contribution in [1.29, 1.82) is 0 Å². The van der Waals surface area contributed by atoms with E-state index in [0.29, 0.717) is 0 Å². The predicted molar refractivity (Wildman–Crippen MR) is 44.8 cm³/mol. The van der Waals surface area contributed by atoms with E-state index in [-0.39, 0.29) is 0 Å². The van der Waals surface area contributed by atoms with Crippen LogP contribution in [0, 0.1) is 0 Å². The summed E-state index contributed by atoms with van der Waals surface area (Å²) in [5.74, 6) is 0. The van der Waals surface area contributed by atoms with Crippen molar-refractivity contribution in [2.45, 2.75) is 0 Å². The molecule has 0 amide bonds. The highest BCUT2D eigenvalue weighted by Crippen LogP contribution is 1.74. The van der Waals surface area contributed by atoms with Gasteiger partial charge in [-0.25, -0.2) is 0 Å². The molecule has 0 unspecified atom stereocenters. The smallest absolute Gasteiger partial charge is 0.174 e. The quantitative estimate of drug-likeness (QED) is 0.432. The molecular weight excluding hydrogens is 146 g/mol. The van der Waals surface area contributed by atoms with Crippen molar-refractivity contribution in [2.75, 3.05) is 6.38 Å². The van der Waals surface area contributed by atoms with E-state index in [1.54, 1.807) is 6.20 Å². The molecule has 0 atom stereocenters. The zero-order valence-electron chi connectivity index (χ0n) is 6.00. The maximum Gasteiger partial charge on any atom is 0.174 e. The molecule has 1 nitrogen and oxygen atoms in total. The molecule has 2 heteroatoms. The Morgan fingerprint density at radius 1 is 1.20 bits per heavy atom. The van der Waals surface area contributed by atoms with Crippen molar-refractivity contribution >= 4 is 17.8 Å². The van der Waals surface area contributed by atoms with Gasteiger partial charge in [0.1, 0.15) is 0 Å². The largest absolute Gasteiger partial charge is 0.174 e. The molecule has 0 spiro atoms. The maximum atomic E-state index is 4.64. The SMILES string of the molecule is C=C[n+]1ccccc1.CCl. The summed E-state index contributed by atoms with van der Waals surface area (Å²) in [6.45, 7) is 3.59. The van der Waals surface area contributed by atoms with Crippen molar-refractivity contribution in [1.82, 2.24) is 0 Å². The van der Waals surface area contributed by atoms with Crippen LogP contribution in [-0.4, -0.2) is 6.38 Å². The Bertz CT molecular complexity index is 172. The van der Waals surface area contributed by atoms with E-state index in [1.165, 1.54) is 6.38 Å². The zero-order valence-corrected chi connectivity index (χ0v) is 6.75. The van der Waals surface area contributed by atoms with Crippen LogP contribution in [0.2, 0.25) is 0 Å². The third kappa shape index (κ3) is 3.25. The average Bonchev–Trinajstić information content (AvgIpc) is 2.10. The zero-order chi connectivity index (χ0) is 7.82. The standard InChI is InChI=1S/C7H8N.CH3Cl/c1-2-8-6-4-3-5-7-8;1-2/h2-7H,1H2;1H3/q+1;. The fraction of sp³-hybridized carbons (Fsp3) is 0.125. The molecule has 0 fully saturated rings. The Kier molecular flexibility index (Phi) is 5.79. The van der Waals surface area contributed by atoms with Gasteiger partial charge < -0.3 is 0 Å². The first-order chi connectivity index (χ1) is 4.93. The Hall–Kier alpha value is -0.820. The molecule has 0 radical (unpaired) electrons. The second-order valence-electron chi connectivity index (χ2n) is 1.51. The van der Waals surface area contributed by atoms with E-state index in [2.05, 4.69) is 18.2 Å². The first-order valence-electron chi connectivity index (χ1n) is 2.89. The fourth-order valence-corrected chi connectivity index (χ4v) is 0.534. The van der Waals surface area contributed by atoms with Gasteiger partial charge >= 0.3 is 0 Å². The van der Waals surface area contributed by atoms with Gasteiger partial charge in [0.25, 0.3) is 0 Å². The minimum Gasteiger partial charge on any atom is -0.174 e. The monoisotopic (exact) mass is 156 g/mol. The molecule has 1 rings (SSSR count). The lowest BCUT2D eigenvalue weighted by molar-refractivity contribution is -0.567. The molecule has 0 aliphatic heterocycles. The molecule has 0 saturated heterocycles. The van der Waals surface area contributed by atoms with Crippen molar-refractivity contribution in [2.24, 2.45) is 0 Å². The number of hydrogen-bond donors (Lipinski definition) is 0. The first kappa shape index (κ1) is 9.18. The van der Waals surface area contributed by atoms with Gasteiger partial charge in [-0.05, 0) is 6.58 Å². The Morgan fingerprint density at radius 2 is 1.70 bits per heavy atom. The Balaban J connectivity index is 0.000000371. The highest BCUT2D eigenvalue weighted by Gasteiger charge is 1.83. The van der Waals surface area contributed by atoms with Crippen LogP contribution in [0.5, 0.6) is 0 Å². The van der Waals surface area contributed by atoms with Gasteiger partial charge in [0.2, 0.25) is 0 Å². The molecule has 10 heavy (non-hydrogen) atoms. The molecule has 0 bridgehead atoms. The average molecular weight is 157 g/mol. The van der Waals surface area contributed by atoms with Crippen LogP contribution in [0.25, 0.3) is 6.20 Å². The summed E-state index contributed by atoms with van der Waals surface area (Å²) < 4.78 is 1.89. The van der Waals surface area contributed by atoms with Crippen molar-refractivity contribution in [3.05, 3.63) is 37.2 Å². The van der Waals surface area contributed by atoms with Crippen LogP contribution in [0.1, 0.15) is 0 Å². The van der Waals surface area contributed by atoms with Crippen molar-refractivity contribution in [3.8, 4) is 0 Å². The summed E-state index contributed by atoms with van der Waals surface area (Å²) in [5, 5.41) is 0. The van der Waals surface area contributed by atoms with Crippen LogP contribution in [0.4, 0.5) is 0 Å². The highest BCUT2D eigenvalue weighted by molar-refractivity contribution is 6.15. The summed E-state index contributed by atoms with van der Waals surface area (Å²) in [6, 6.07) is 5.89. The minimum atomic E-state index is 1.47. The van der Waals surface area contributed by atoms with E-state index in [0.717, 1.165) is 0 Å². The van der Waals surface area contributed by atoms with Gasteiger partial charge in [-0.3, -0.25) is 0 Å². The summed E-state index contributed by atoms with van der Waals surface area (Å²) in [4.78, 5) is 0. The van der Waals surface area contributed by atoms with Gasteiger partial charge in [-0.2, -0.15) is 4.57 Å². The number of alkyl halides is 1.